The minimum absolute atomic E-state index is 0.188. The molecule has 0 bridgehead atoms. The number of nitrogens with zero attached hydrogens (tertiary/aromatic N) is 5. The van der Waals surface area contributed by atoms with Crippen LogP contribution in [0.5, 0.6) is 11.9 Å². The van der Waals surface area contributed by atoms with Crippen molar-refractivity contribution in [3.63, 3.8) is 0 Å². The third-order valence-electron chi connectivity index (χ3n) is 5.53. The molecule has 0 radical (unpaired) electrons. The Labute approximate surface area is 178 Å². The summed E-state index contributed by atoms with van der Waals surface area (Å²) in [6, 6.07) is 8.01. The van der Waals surface area contributed by atoms with Crippen LogP contribution in [0.4, 0.5) is 5.82 Å². The molecule has 0 N–H and O–H groups in total. The van der Waals surface area contributed by atoms with E-state index in [1.807, 2.05) is 36.2 Å². The first-order chi connectivity index (χ1) is 14.6. The van der Waals surface area contributed by atoms with Crippen molar-refractivity contribution in [2.45, 2.75) is 32.1 Å². The highest BCUT2D eigenvalue weighted by molar-refractivity contribution is 5.75. The summed E-state index contributed by atoms with van der Waals surface area (Å²) < 4.78 is 10.5. The summed E-state index contributed by atoms with van der Waals surface area (Å²) in [5.74, 6) is 1.94. The van der Waals surface area contributed by atoms with Crippen LogP contribution < -0.4 is 14.4 Å². The van der Waals surface area contributed by atoms with Gasteiger partial charge < -0.3 is 19.3 Å². The zero-order valence-electron chi connectivity index (χ0n) is 18.1. The number of ether oxygens (including phenoxy) is 2. The van der Waals surface area contributed by atoms with E-state index in [-0.39, 0.29) is 5.91 Å². The van der Waals surface area contributed by atoms with Crippen LogP contribution in [0.25, 0.3) is 0 Å². The Balaban J connectivity index is 1.49. The highest BCUT2D eigenvalue weighted by Crippen LogP contribution is 2.27. The number of carbonyl (C=O) groups excluding carboxylic acids is 1. The molecule has 3 heterocycles. The maximum atomic E-state index is 12.6. The summed E-state index contributed by atoms with van der Waals surface area (Å²) in [6.45, 7) is 2.49. The van der Waals surface area contributed by atoms with Gasteiger partial charge in [-0.05, 0) is 37.3 Å². The van der Waals surface area contributed by atoms with Crippen LogP contribution in [-0.2, 0) is 11.2 Å². The van der Waals surface area contributed by atoms with Gasteiger partial charge in [0.2, 0.25) is 11.8 Å². The Hall–Kier alpha value is -2.90. The van der Waals surface area contributed by atoms with E-state index in [9.17, 15) is 4.79 Å². The monoisotopic (exact) mass is 413 g/mol. The van der Waals surface area contributed by atoms with Crippen molar-refractivity contribution < 1.29 is 14.3 Å². The molecule has 30 heavy (non-hydrogen) atoms. The normalized spacial score (nSPS) is 16.2. The van der Waals surface area contributed by atoms with Gasteiger partial charge in [0, 0.05) is 57.5 Å². The highest BCUT2D eigenvalue weighted by atomic mass is 16.5. The van der Waals surface area contributed by atoms with Crippen molar-refractivity contribution in [3.05, 3.63) is 36.2 Å². The maximum Gasteiger partial charge on any atom is 0.321 e. The fourth-order valence-corrected chi connectivity index (χ4v) is 3.73. The molecule has 1 saturated heterocycles. The molecule has 8 heteroatoms. The Kier molecular flexibility index (Phi) is 7.82. The van der Waals surface area contributed by atoms with Crippen molar-refractivity contribution in [1.29, 1.82) is 0 Å². The Morgan fingerprint density at radius 3 is 2.87 bits per heavy atom. The number of methoxy groups -OCH3 is 2. The maximum absolute atomic E-state index is 12.6. The Bertz CT molecular complexity index is 795. The molecule has 1 amide bonds. The molecule has 0 saturated carbocycles. The summed E-state index contributed by atoms with van der Waals surface area (Å²) in [7, 11) is 5.01. The molecule has 0 unspecified atom stereocenters. The molecule has 1 atom stereocenters. The first kappa shape index (κ1) is 21.8. The fourth-order valence-electron chi connectivity index (χ4n) is 3.73. The minimum atomic E-state index is 0.188. The standard InChI is InChI=1S/C22H31N5O3/c1-26(14-11-18-8-4-5-12-23-18)21(28)10-9-17-7-6-13-27(16-17)19-15-20(29-2)25-22(24-19)30-3/h4-5,8,12,15,17H,6-7,9-11,13-14,16H2,1-3H3/t17-/m0/s1. The average Bonchev–Trinajstić information content (AvgIpc) is 2.81. The third kappa shape index (κ3) is 6.05. The third-order valence-corrected chi connectivity index (χ3v) is 5.53. The lowest BCUT2D eigenvalue weighted by Gasteiger charge is -2.33. The zero-order chi connectivity index (χ0) is 21.3. The van der Waals surface area contributed by atoms with Gasteiger partial charge in [0.1, 0.15) is 5.82 Å². The van der Waals surface area contributed by atoms with E-state index in [1.54, 1.807) is 20.4 Å². The summed E-state index contributed by atoms with van der Waals surface area (Å²) in [6.07, 6.45) is 6.20. The predicted octanol–water partition coefficient (Wildman–Crippen LogP) is 2.59. The van der Waals surface area contributed by atoms with Gasteiger partial charge in [-0.25, -0.2) is 0 Å². The van der Waals surface area contributed by atoms with Crippen molar-refractivity contribution in [2.75, 3.05) is 45.8 Å². The minimum Gasteiger partial charge on any atom is -0.481 e. The van der Waals surface area contributed by atoms with E-state index in [0.717, 1.165) is 50.3 Å². The smallest absolute Gasteiger partial charge is 0.321 e. The number of amides is 1. The van der Waals surface area contributed by atoms with Gasteiger partial charge >= 0.3 is 6.01 Å². The lowest BCUT2D eigenvalue weighted by atomic mass is 9.93. The first-order valence-corrected chi connectivity index (χ1v) is 10.4. The van der Waals surface area contributed by atoms with Crippen LogP contribution in [-0.4, -0.2) is 66.7 Å². The molecule has 162 valence electrons. The number of carbonyl (C=O) groups is 1. The number of likely N-dealkylation sites (N-methyl/N-ethyl adjacent to an activating group) is 1. The van der Waals surface area contributed by atoms with Crippen LogP contribution in [0.3, 0.4) is 0 Å². The molecule has 2 aromatic rings. The SMILES string of the molecule is COc1cc(N2CCC[C@@H](CCC(=O)N(C)CCc3ccccn3)C2)nc(OC)n1. The number of hydrogen-bond acceptors (Lipinski definition) is 7. The zero-order valence-corrected chi connectivity index (χ0v) is 18.1. The second kappa shape index (κ2) is 10.8. The average molecular weight is 414 g/mol. The van der Waals surface area contributed by atoms with Crippen molar-refractivity contribution in [3.8, 4) is 11.9 Å². The summed E-state index contributed by atoms with van der Waals surface area (Å²) in [5.41, 5.74) is 1.01. The van der Waals surface area contributed by atoms with Crippen LogP contribution >= 0.6 is 0 Å². The van der Waals surface area contributed by atoms with E-state index in [0.29, 0.717) is 30.8 Å². The molecule has 0 aliphatic carbocycles. The van der Waals surface area contributed by atoms with Gasteiger partial charge in [-0.1, -0.05) is 6.07 Å². The summed E-state index contributed by atoms with van der Waals surface area (Å²) in [5, 5.41) is 0. The first-order valence-electron chi connectivity index (χ1n) is 10.4. The van der Waals surface area contributed by atoms with Crippen molar-refractivity contribution in [2.24, 2.45) is 5.92 Å². The lowest BCUT2D eigenvalue weighted by molar-refractivity contribution is -0.130. The molecule has 2 aromatic heterocycles. The molecule has 3 rings (SSSR count). The molecule has 1 fully saturated rings. The quantitative estimate of drug-likeness (QED) is 0.625. The van der Waals surface area contributed by atoms with Crippen LogP contribution in [0.15, 0.2) is 30.5 Å². The van der Waals surface area contributed by atoms with Gasteiger partial charge in [0.15, 0.2) is 0 Å². The van der Waals surface area contributed by atoms with Gasteiger partial charge in [0.05, 0.1) is 14.2 Å². The van der Waals surface area contributed by atoms with E-state index >= 15 is 0 Å². The Morgan fingerprint density at radius 2 is 2.13 bits per heavy atom. The van der Waals surface area contributed by atoms with Crippen LogP contribution in [0, 0.1) is 5.92 Å². The second-order valence-electron chi connectivity index (χ2n) is 7.63. The van der Waals surface area contributed by atoms with Crippen LogP contribution in [0.1, 0.15) is 31.4 Å². The topological polar surface area (TPSA) is 80.7 Å². The molecule has 1 aliphatic heterocycles. The lowest BCUT2D eigenvalue weighted by Crippen LogP contribution is -2.37. The number of pyridine rings is 1. The van der Waals surface area contributed by atoms with Crippen molar-refractivity contribution in [1.82, 2.24) is 19.9 Å². The number of piperidine rings is 1. The molecular weight excluding hydrogens is 382 g/mol. The molecule has 0 aromatic carbocycles. The number of rotatable bonds is 9. The van der Waals surface area contributed by atoms with Gasteiger partial charge in [-0.15, -0.1) is 0 Å². The molecular formula is C22H31N5O3. The molecule has 1 aliphatic rings. The van der Waals surface area contributed by atoms with E-state index in [1.165, 1.54) is 0 Å². The van der Waals surface area contributed by atoms with Crippen molar-refractivity contribution >= 4 is 11.7 Å². The summed E-state index contributed by atoms with van der Waals surface area (Å²) >= 11 is 0. The van der Waals surface area contributed by atoms with E-state index < -0.39 is 0 Å². The largest absolute Gasteiger partial charge is 0.481 e. The molecule has 8 nitrogen and oxygen atoms in total. The predicted molar refractivity (Wildman–Crippen MR) is 115 cm³/mol. The van der Waals surface area contributed by atoms with E-state index in [4.69, 9.17) is 9.47 Å². The van der Waals surface area contributed by atoms with Gasteiger partial charge in [-0.3, -0.25) is 9.78 Å². The van der Waals surface area contributed by atoms with Crippen LogP contribution in [0.2, 0.25) is 0 Å². The highest BCUT2D eigenvalue weighted by Gasteiger charge is 2.23. The second-order valence-corrected chi connectivity index (χ2v) is 7.63. The number of anilines is 1. The Morgan fingerprint density at radius 1 is 1.27 bits per heavy atom. The van der Waals surface area contributed by atoms with Gasteiger partial charge in [-0.2, -0.15) is 9.97 Å². The number of hydrogen-bond donors (Lipinski definition) is 0. The number of aromatic nitrogens is 3. The van der Waals surface area contributed by atoms with E-state index in [2.05, 4.69) is 19.9 Å². The fraction of sp³-hybridized carbons (Fsp3) is 0.545. The summed E-state index contributed by atoms with van der Waals surface area (Å²) in [4.78, 5) is 29.6. The van der Waals surface area contributed by atoms with Gasteiger partial charge in [0.25, 0.3) is 0 Å². The molecule has 0 spiro atoms.